The number of carbonyl (C=O) groups excluding carboxylic acids is 1. The van der Waals surface area contributed by atoms with Crippen molar-refractivity contribution in [2.45, 2.75) is 90.8 Å². The third-order valence-electron chi connectivity index (χ3n) is 5.17. The molecule has 0 spiro atoms. The Bertz CT molecular complexity index is 391. The molecule has 1 atom stereocenters. The quantitative estimate of drug-likeness (QED) is 0.413. The van der Waals surface area contributed by atoms with Crippen LogP contribution < -0.4 is 0 Å². The minimum absolute atomic E-state index is 0.0879. The molecule has 134 valence electrons. The normalized spacial score (nSPS) is 19.2. The van der Waals surface area contributed by atoms with Gasteiger partial charge in [0.05, 0.1) is 18.8 Å². The molecular formula is C19H36O3Si. The van der Waals surface area contributed by atoms with Gasteiger partial charge in [-0.3, -0.25) is 4.79 Å². The van der Waals surface area contributed by atoms with Gasteiger partial charge in [0.2, 0.25) is 0 Å². The van der Waals surface area contributed by atoms with Crippen LogP contribution in [0.15, 0.2) is 11.8 Å². The number of carbonyl (C=O) groups is 1. The molecule has 0 radical (unpaired) electrons. The second kappa shape index (κ2) is 8.91. The van der Waals surface area contributed by atoms with Crippen molar-refractivity contribution in [3.8, 4) is 0 Å². The molecule has 1 rings (SSSR count). The lowest BCUT2D eigenvalue weighted by atomic mass is 9.92. The highest BCUT2D eigenvalue weighted by atomic mass is 28.4. The molecule has 0 bridgehead atoms. The van der Waals surface area contributed by atoms with Crippen molar-refractivity contribution in [1.82, 2.24) is 0 Å². The van der Waals surface area contributed by atoms with Gasteiger partial charge in [-0.1, -0.05) is 41.5 Å². The van der Waals surface area contributed by atoms with E-state index in [-0.39, 0.29) is 11.9 Å². The van der Waals surface area contributed by atoms with Crippen LogP contribution in [0.25, 0.3) is 0 Å². The van der Waals surface area contributed by atoms with E-state index in [0.29, 0.717) is 29.7 Å². The van der Waals surface area contributed by atoms with Gasteiger partial charge >= 0.3 is 5.97 Å². The Labute approximate surface area is 144 Å². The lowest BCUT2D eigenvalue weighted by Crippen LogP contribution is -2.47. The van der Waals surface area contributed by atoms with Gasteiger partial charge in [-0.25, -0.2) is 0 Å². The zero-order valence-corrected chi connectivity index (χ0v) is 17.1. The van der Waals surface area contributed by atoms with E-state index < -0.39 is 8.32 Å². The predicted molar refractivity (Wildman–Crippen MR) is 98.8 cm³/mol. The summed E-state index contributed by atoms with van der Waals surface area (Å²) >= 11 is 0. The highest BCUT2D eigenvalue weighted by Crippen LogP contribution is 2.44. The van der Waals surface area contributed by atoms with Crippen LogP contribution in [-0.4, -0.2) is 20.9 Å². The summed E-state index contributed by atoms with van der Waals surface area (Å²) in [7, 11) is -1.88. The Balaban J connectivity index is 2.90. The van der Waals surface area contributed by atoms with Crippen LogP contribution in [0, 0.1) is 5.92 Å². The van der Waals surface area contributed by atoms with E-state index in [4.69, 9.17) is 9.16 Å². The van der Waals surface area contributed by atoms with Gasteiger partial charge in [0.25, 0.3) is 8.32 Å². The van der Waals surface area contributed by atoms with Gasteiger partial charge in [-0.2, -0.15) is 0 Å². The Morgan fingerprint density at radius 2 is 1.74 bits per heavy atom. The number of rotatable bonds is 8. The van der Waals surface area contributed by atoms with Gasteiger partial charge in [0, 0.05) is 6.42 Å². The minimum Gasteiger partial charge on any atom is -0.546 e. The average Bonchev–Trinajstić information content (AvgIpc) is 2.44. The maximum atomic E-state index is 11.7. The molecule has 1 unspecified atom stereocenters. The SMILES string of the molecule is CCOC(=O)CC1C=C(O[Si](C(C)C)(C(C)C)C(C)C)CCC1. The van der Waals surface area contributed by atoms with Gasteiger partial charge in [0.1, 0.15) is 0 Å². The molecule has 0 aromatic rings. The smallest absolute Gasteiger partial charge is 0.306 e. The first-order valence-corrected chi connectivity index (χ1v) is 11.4. The number of ether oxygens (including phenoxy) is 1. The fraction of sp³-hybridized carbons (Fsp3) is 0.842. The third-order valence-corrected chi connectivity index (χ3v) is 11.2. The summed E-state index contributed by atoms with van der Waals surface area (Å²) in [6.07, 6.45) is 5.88. The van der Waals surface area contributed by atoms with Crippen molar-refractivity contribution < 1.29 is 14.0 Å². The molecule has 4 heteroatoms. The van der Waals surface area contributed by atoms with Crippen LogP contribution in [0.3, 0.4) is 0 Å². The fourth-order valence-electron chi connectivity index (χ4n) is 4.23. The van der Waals surface area contributed by atoms with Crippen LogP contribution in [-0.2, 0) is 14.0 Å². The van der Waals surface area contributed by atoms with E-state index in [1.807, 2.05) is 6.92 Å². The topological polar surface area (TPSA) is 35.5 Å². The van der Waals surface area contributed by atoms with Crippen molar-refractivity contribution in [3.63, 3.8) is 0 Å². The molecule has 0 N–H and O–H groups in total. The average molecular weight is 341 g/mol. The van der Waals surface area contributed by atoms with E-state index in [2.05, 4.69) is 47.6 Å². The maximum Gasteiger partial charge on any atom is 0.306 e. The van der Waals surface area contributed by atoms with Gasteiger partial charge in [0.15, 0.2) is 0 Å². The standard InChI is InChI=1S/C19H36O3Si/c1-8-21-19(20)13-17-10-9-11-18(12-17)22-23(14(2)3,15(4)5)16(6)7/h12,14-17H,8-11,13H2,1-7H3. The monoisotopic (exact) mass is 340 g/mol. The molecule has 0 aromatic carbocycles. The van der Waals surface area contributed by atoms with Crippen LogP contribution in [0.1, 0.15) is 74.1 Å². The largest absolute Gasteiger partial charge is 0.546 e. The summed E-state index contributed by atoms with van der Waals surface area (Å²) in [5.41, 5.74) is 1.73. The summed E-state index contributed by atoms with van der Waals surface area (Å²) in [4.78, 5) is 11.7. The first-order valence-electron chi connectivity index (χ1n) is 9.29. The number of hydrogen-bond donors (Lipinski definition) is 0. The van der Waals surface area contributed by atoms with Crippen LogP contribution >= 0.6 is 0 Å². The van der Waals surface area contributed by atoms with Crippen LogP contribution in [0.5, 0.6) is 0 Å². The van der Waals surface area contributed by atoms with E-state index in [9.17, 15) is 4.79 Å². The molecule has 1 aliphatic rings. The fourth-order valence-corrected chi connectivity index (χ4v) is 9.56. The van der Waals surface area contributed by atoms with Gasteiger partial charge in [-0.05, 0) is 48.4 Å². The lowest BCUT2D eigenvalue weighted by molar-refractivity contribution is -0.143. The molecule has 0 aromatic heterocycles. The van der Waals surface area contributed by atoms with Crippen molar-refractivity contribution in [1.29, 1.82) is 0 Å². The second-order valence-corrected chi connectivity index (χ2v) is 13.1. The number of esters is 1. The summed E-state index contributed by atoms with van der Waals surface area (Å²) in [5.74, 6) is 1.32. The first-order chi connectivity index (χ1) is 10.7. The number of allylic oxidation sites excluding steroid dienone is 2. The molecule has 0 saturated carbocycles. The lowest BCUT2D eigenvalue weighted by Gasteiger charge is -2.43. The van der Waals surface area contributed by atoms with Crippen molar-refractivity contribution >= 4 is 14.3 Å². The van der Waals surface area contributed by atoms with Crippen LogP contribution in [0.2, 0.25) is 16.6 Å². The van der Waals surface area contributed by atoms with E-state index >= 15 is 0 Å². The zero-order valence-electron chi connectivity index (χ0n) is 16.1. The zero-order chi connectivity index (χ0) is 17.6. The van der Waals surface area contributed by atoms with Crippen molar-refractivity contribution in [3.05, 3.63) is 11.8 Å². The molecule has 23 heavy (non-hydrogen) atoms. The second-order valence-electron chi connectivity index (χ2n) is 7.71. The van der Waals surface area contributed by atoms with E-state index in [1.54, 1.807) is 0 Å². The Hall–Kier alpha value is -0.773. The van der Waals surface area contributed by atoms with Gasteiger partial charge in [-0.15, -0.1) is 0 Å². The molecule has 1 aliphatic carbocycles. The molecular weight excluding hydrogens is 304 g/mol. The highest BCUT2D eigenvalue weighted by molar-refractivity contribution is 6.77. The highest BCUT2D eigenvalue weighted by Gasteiger charge is 2.47. The number of hydrogen-bond acceptors (Lipinski definition) is 3. The Morgan fingerprint density at radius 3 is 2.22 bits per heavy atom. The molecule has 0 fully saturated rings. The summed E-state index contributed by atoms with van der Waals surface area (Å²) < 4.78 is 11.9. The minimum atomic E-state index is -1.88. The van der Waals surface area contributed by atoms with Gasteiger partial charge < -0.3 is 9.16 Å². The van der Waals surface area contributed by atoms with Crippen molar-refractivity contribution in [2.75, 3.05) is 6.61 Å². The Kier molecular flexibility index (Phi) is 7.85. The molecule has 0 aliphatic heterocycles. The summed E-state index contributed by atoms with van der Waals surface area (Å²) in [6, 6.07) is 0. The molecule has 0 amide bonds. The maximum absolute atomic E-state index is 11.7. The summed E-state index contributed by atoms with van der Waals surface area (Å²) in [5, 5.41) is 0. The van der Waals surface area contributed by atoms with E-state index in [0.717, 1.165) is 25.0 Å². The molecule has 0 heterocycles. The first kappa shape index (κ1) is 20.3. The Morgan fingerprint density at radius 1 is 1.17 bits per heavy atom. The molecule has 3 nitrogen and oxygen atoms in total. The van der Waals surface area contributed by atoms with Crippen LogP contribution in [0.4, 0.5) is 0 Å². The molecule has 0 saturated heterocycles. The van der Waals surface area contributed by atoms with Crippen molar-refractivity contribution in [2.24, 2.45) is 5.92 Å². The van der Waals surface area contributed by atoms with E-state index in [1.165, 1.54) is 0 Å². The summed E-state index contributed by atoms with van der Waals surface area (Å²) in [6.45, 7) is 16.2. The third kappa shape index (κ3) is 5.10. The predicted octanol–water partition coefficient (Wildman–Crippen LogP) is 5.82.